The largest absolute Gasteiger partial charge is 0.293 e. The van der Waals surface area contributed by atoms with Gasteiger partial charge in [0, 0.05) is 6.42 Å². The molecule has 17 heavy (non-hydrogen) atoms. The summed E-state index contributed by atoms with van der Waals surface area (Å²) in [5, 5.41) is 1.01. The lowest BCUT2D eigenvalue weighted by atomic mass is 9.85. The summed E-state index contributed by atoms with van der Waals surface area (Å²) in [6.07, 6.45) is 6.23. The molecule has 3 rings (SSSR count). The fourth-order valence-electron chi connectivity index (χ4n) is 3.75. The summed E-state index contributed by atoms with van der Waals surface area (Å²) < 4.78 is 0. The Morgan fingerprint density at radius 3 is 2.71 bits per heavy atom. The number of thiazole rings is 1. The highest BCUT2D eigenvalue weighted by atomic mass is 32.1. The van der Waals surface area contributed by atoms with Gasteiger partial charge >= 0.3 is 0 Å². The lowest BCUT2D eigenvalue weighted by Gasteiger charge is -2.20. The summed E-state index contributed by atoms with van der Waals surface area (Å²) >= 11 is 1.57. The van der Waals surface area contributed by atoms with Crippen LogP contribution in [-0.2, 0) is 0 Å². The van der Waals surface area contributed by atoms with E-state index in [0.29, 0.717) is 11.7 Å². The highest BCUT2D eigenvalue weighted by Crippen LogP contribution is 2.49. The van der Waals surface area contributed by atoms with Gasteiger partial charge in [0.1, 0.15) is 0 Å². The van der Waals surface area contributed by atoms with Crippen LogP contribution in [0.4, 0.5) is 0 Å². The minimum Gasteiger partial charge on any atom is -0.293 e. The van der Waals surface area contributed by atoms with Crippen LogP contribution in [0.5, 0.6) is 0 Å². The number of Topliss-reactive ketones (excluding diaryl/α,β-unsaturated/α-hetero) is 1. The summed E-state index contributed by atoms with van der Waals surface area (Å²) in [6.45, 7) is 3.93. The van der Waals surface area contributed by atoms with Gasteiger partial charge in [0.05, 0.1) is 15.6 Å². The number of carbonyl (C=O) groups excluding carboxylic acids is 1. The maximum absolute atomic E-state index is 12.3. The summed E-state index contributed by atoms with van der Waals surface area (Å²) in [5.74, 6) is 2.79. The predicted molar refractivity (Wildman–Crippen MR) is 69.5 cm³/mol. The van der Waals surface area contributed by atoms with Gasteiger partial charge in [0.25, 0.3) is 0 Å². The van der Waals surface area contributed by atoms with Crippen LogP contribution in [0.3, 0.4) is 0 Å². The summed E-state index contributed by atoms with van der Waals surface area (Å²) in [6, 6.07) is 0. The highest BCUT2D eigenvalue weighted by molar-refractivity contribution is 7.13. The lowest BCUT2D eigenvalue weighted by Crippen LogP contribution is -2.15. The molecule has 2 bridgehead atoms. The first-order valence-corrected chi connectivity index (χ1v) is 7.42. The van der Waals surface area contributed by atoms with Crippen molar-refractivity contribution in [3.05, 3.63) is 15.6 Å². The molecule has 0 radical (unpaired) electrons. The van der Waals surface area contributed by atoms with E-state index >= 15 is 0 Å². The van der Waals surface area contributed by atoms with Gasteiger partial charge in [-0.1, -0.05) is 6.42 Å². The molecule has 0 aliphatic heterocycles. The van der Waals surface area contributed by atoms with E-state index in [2.05, 4.69) is 4.98 Å². The average Bonchev–Trinajstić information content (AvgIpc) is 2.93. The molecule has 1 aromatic heterocycles. The Bertz CT molecular complexity index is 451. The van der Waals surface area contributed by atoms with E-state index in [0.717, 1.165) is 33.8 Å². The quantitative estimate of drug-likeness (QED) is 0.763. The molecule has 0 aromatic carbocycles. The molecule has 92 valence electrons. The number of fused-ring (bicyclic) bond motifs is 2. The summed E-state index contributed by atoms with van der Waals surface area (Å²) in [5.41, 5.74) is 0.931. The molecule has 3 heteroatoms. The Kier molecular flexibility index (Phi) is 2.81. The van der Waals surface area contributed by atoms with E-state index in [1.807, 2.05) is 13.8 Å². The summed E-state index contributed by atoms with van der Waals surface area (Å²) in [4.78, 5) is 17.5. The van der Waals surface area contributed by atoms with Crippen LogP contribution in [0.15, 0.2) is 0 Å². The van der Waals surface area contributed by atoms with Crippen LogP contribution < -0.4 is 0 Å². The van der Waals surface area contributed by atoms with Gasteiger partial charge in [-0.25, -0.2) is 4.98 Å². The lowest BCUT2D eigenvalue weighted by molar-refractivity contribution is 0.0947. The van der Waals surface area contributed by atoms with E-state index in [1.54, 1.807) is 11.3 Å². The molecule has 0 saturated heterocycles. The molecule has 3 unspecified atom stereocenters. The molecular weight excluding hydrogens is 230 g/mol. The molecule has 2 aliphatic carbocycles. The third-order valence-corrected chi connectivity index (χ3v) is 5.60. The molecule has 2 aliphatic rings. The average molecular weight is 249 g/mol. The minimum atomic E-state index is 0.339. The smallest absolute Gasteiger partial charge is 0.174 e. The van der Waals surface area contributed by atoms with Crippen molar-refractivity contribution in [3.63, 3.8) is 0 Å². The molecule has 3 atom stereocenters. The number of aryl methyl sites for hydroxylation is 2. The third-order valence-electron chi connectivity index (χ3n) is 4.49. The van der Waals surface area contributed by atoms with E-state index in [1.165, 1.54) is 25.7 Å². The van der Waals surface area contributed by atoms with Crippen molar-refractivity contribution < 1.29 is 4.79 Å². The number of hydrogen-bond donors (Lipinski definition) is 0. The number of hydrogen-bond acceptors (Lipinski definition) is 3. The molecule has 1 heterocycles. The Balaban J connectivity index is 1.69. The number of aromatic nitrogens is 1. The number of nitrogens with zero attached hydrogens (tertiary/aromatic N) is 1. The van der Waals surface area contributed by atoms with Gasteiger partial charge in [-0.3, -0.25) is 4.79 Å². The summed E-state index contributed by atoms with van der Waals surface area (Å²) in [7, 11) is 0. The molecule has 0 spiro atoms. The van der Waals surface area contributed by atoms with Crippen LogP contribution in [0.2, 0.25) is 0 Å². The zero-order valence-corrected chi connectivity index (χ0v) is 11.3. The molecule has 0 N–H and O–H groups in total. The first-order chi connectivity index (χ1) is 8.13. The molecule has 1 aromatic rings. The van der Waals surface area contributed by atoms with Gasteiger partial charge < -0.3 is 0 Å². The highest BCUT2D eigenvalue weighted by Gasteiger charge is 2.40. The van der Waals surface area contributed by atoms with Crippen molar-refractivity contribution >= 4 is 17.1 Å². The second-order valence-electron chi connectivity index (χ2n) is 5.71. The van der Waals surface area contributed by atoms with Crippen molar-refractivity contribution in [1.82, 2.24) is 4.98 Å². The maximum Gasteiger partial charge on any atom is 0.174 e. The molecule has 0 amide bonds. The van der Waals surface area contributed by atoms with Gasteiger partial charge in [-0.05, 0) is 50.9 Å². The number of rotatable bonds is 3. The van der Waals surface area contributed by atoms with Crippen LogP contribution in [0, 0.1) is 31.6 Å². The predicted octanol–water partition coefficient (Wildman–Crippen LogP) is 3.77. The SMILES string of the molecule is Cc1nc(C)c(C(=O)CC2CC3CCC2C3)s1. The van der Waals surface area contributed by atoms with E-state index in [9.17, 15) is 4.79 Å². The Labute approximate surface area is 106 Å². The molecule has 2 saturated carbocycles. The maximum atomic E-state index is 12.3. The second kappa shape index (κ2) is 4.20. The van der Waals surface area contributed by atoms with E-state index in [-0.39, 0.29) is 0 Å². The zero-order valence-electron chi connectivity index (χ0n) is 10.5. The van der Waals surface area contributed by atoms with E-state index in [4.69, 9.17) is 0 Å². The zero-order chi connectivity index (χ0) is 12.0. The van der Waals surface area contributed by atoms with E-state index < -0.39 is 0 Å². The van der Waals surface area contributed by atoms with Crippen molar-refractivity contribution in [2.75, 3.05) is 0 Å². The monoisotopic (exact) mass is 249 g/mol. The normalized spacial score (nSPS) is 31.1. The topological polar surface area (TPSA) is 30.0 Å². The van der Waals surface area contributed by atoms with Crippen molar-refractivity contribution in [3.8, 4) is 0 Å². The van der Waals surface area contributed by atoms with Gasteiger partial charge in [0.15, 0.2) is 5.78 Å². The Hall–Kier alpha value is -0.700. The van der Waals surface area contributed by atoms with Crippen LogP contribution >= 0.6 is 11.3 Å². The molecule has 2 fully saturated rings. The van der Waals surface area contributed by atoms with Crippen molar-refractivity contribution in [2.45, 2.75) is 46.0 Å². The first-order valence-electron chi connectivity index (χ1n) is 6.60. The van der Waals surface area contributed by atoms with Crippen molar-refractivity contribution in [2.24, 2.45) is 17.8 Å². The number of carbonyl (C=O) groups is 1. The van der Waals surface area contributed by atoms with Gasteiger partial charge in [-0.15, -0.1) is 11.3 Å². The van der Waals surface area contributed by atoms with Gasteiger partial charge in [-0.2, -0.15) is 0 Å². The van der Waals surface area contributed by atoms with Crippen molar-refractivity contribution in [1.29, 1.82) is 0 Å². The Morgan fingerprint density at radius 1 is 1.35 bits per heavy atom. The molecular formula is C14H19NOS. The third kappa shape index (κ3) is 2.05. The van der Waals surface area contributed by atoms with Crippen LogP contribution in [0.25, 0.3) is 0 Å². The Morgan fingerprint density at radius 2 is 2.18 bits per heavy atom. The fourth-order valence-corrected chi connectivity index (χ4v) is 4.62. The fraction of sp³-hybridized carbons (Fsp3) is 0.714. The van der Waals surface area contributed by atoms with Crippen LogP contribution in [0.1, 0.15) is 52.5 Å². The standard InChI is InChI=1S/C14H19NOS/c1-8-14(17-9(2)15-8)13(16)7-12-6-10-3-4-11(12)5-10/h10-12H,3-7H2,1-2H3. The second-order valence-corrected chi connectivity index (χ2v) is 6.91. The first kappa shape index (κ1) is 11.4. The molecule has 2 nitrogen and oxygen atoms in total. The minimum absolute atomic E-state index is 0.339. The van der Waals surface area contributed by atoms with Gasteiger partial charge in [0.2, 0.25) is 0 Å². The number of ketones is 1. The van der Waals surface area contributed by atoms with Crippen LogP contribution in [-0.4, -0.2) is 10.8 Å².